The Bertz CT molecular complexity index is 480. The molecule has 1 N–H and O–H groups in total. The highest BCUT2D eigenvalue weighted by molar-refractivity contribution is 7.84. The molecular weight excluding hydrogens is 284 g/mol. The zero-order valence-electron chi connectivity index (χ0n) is 11.4. The molecule has 1 amide bonds. The molecule has 0 aromatic carbocycles. The summed E-state index contributed by atoms with van der Waals surface area (Å²) in [6, 6.07) is 3.29. The van der Waals surface area contributed by atoms with Crippen LogP contribution >= 0.6 is 11.6 Å². The van der Waals surface area contributed by atoms with E-state index in [-0.39, 0.29) is 11.2 Å². The first-order valence-corrected chi connectivity index (χ1v) is 8.20. The van der Waals surface area contributed by atoms with Crippen LogP contribution in [0.4, 0.5) is 0 Å². The van der Waals surface area contributed by atoms with Crippen molar-refractivity contribution in [1.29, 1.82) is 0 Å². The molecule has 0 bridgehead atoms. The molecule has 19 heavy (non-hydrogen) atoms. The molecular formula is C13H19ClN2O2S. The van der Waals surface area contributed by atoms with Crippen LogP contribution in [-0.2, 0) is 17.2 Å². The molecule has 0 aliphatic rings. The van der Waals surface area contributed by atoms with Crippen LogP contribution in [0.25, 0.3) is 0 Å². The van der Waals surface area contributed by atoms with Crippen molar-refractivity contribution < 1.29 is 9.00 Å². The zero-order chi connectivity index (χ0) is 14.4. The molecule has 1 aromatic heterocycles. The molecule has 106 valence electrons. The summed E-state index contributed by atoms with van der Waals surface area (Å²) in [5, 5.41) is 3.01. The lowest BCUT2D eigenvalue weighted by atomic mass is 10.1. The Morgan fingerprint density at radius 2 is 2.21 bits per heavy atom. The van der Waals surface area contributed by atoms with Crippen molar-refractivity contribution in [2.24, 2.45) is 0 Å². The van der Waals surface area contributed by atoms with Gasteiger partial charge in [0.05, 0.1) is 0 Å². The Morgan fingerprint density at radius 3 is 2.79 bits per heavy atom. The molecule has 0 aliphatic carbocycles. The number of hydrogen-bond donors (Lipinski definition) is 1. The van der Waals surface area contributed by atoms with Gasteiger partial charge >= 0.3 is 0 Å². The van der Waals surface area contributed by atoms with Gasteiger partial charge in [0.1, 0.15) is 5.15 Å². The van der Waals surface area contributed by atoms with Crippen molar-refractivity contribution in [3.63, 3.8) is 0 Å². The summed E-state index contributed by atoms with van der Waals surface area (Å²) < 4.78 is 11.2. The second kappa shape index (κ2) is 7.60. The fourth-order valence-electron chi connectivity index (χ4n) is 1.52. The van der Waals surface area contributed by atoms with E-state index in [1.165, 1.54) is 0 Å². The molecule has 0 fully saturated rings. The lowest BCUT2D eigenvalue weighted by Crippen LogP contribution is -2.32. The Labute approximate surface area is 121 Å². The molecule has 2 unspecified atom stereocenters. The molecule has 0 radical (unpaired) electrons. The van der Waals surface area contributed by atoms with Crippen molar-refractivity contribution in [3.05, 3.63) is 28.5 Å². The normalized spacial score (nSPS) is 13.9. The van der Waals surface area contributed by atoms with Crippen LogP contribution in [0.15, 0.2) is 12.1 Å². The number of pyridine rings is 1. The van der Waals surface area contributed by atoms with Crippen molar-refractivity contribution >= 4 is 28.3 Å². The van der Waals surface area contributed by atoms with Gasteiger partial charge in [-0.25, -0.2) is 4.98 Å². The number of rotatable bonds is 6. The van der Waals surface area contributed by atoms with Gasteiger partial charge in [0, 0.05) is 40.1 Å². The second-order valence-corrected chi connectivity index (χ2v) is 6.63. The maximum absolute atomic E-state index is 12.0. The smallest absolute Gasteiger partial charge is 0.251 e. The minimum atomic E-state index is -0.948. The third-order valence-corrected chi connectivity index (χ3v) is 4.23. The van der Waals surface area contributed by atoms with Crippen LogP contribution in [0.1, 0.15) is 36.3 Å². The molecule has 0 spiro atoms. The molecule has 6 heteroatoms. The van der Waals surface area contributed by atoms with Gasteiger partial charge < -0.3 is 5.32 Å². The molecule has 1 rings (SSSR count). The zero-order valence-corrected chi connectivity index (χ0v) is 13.0. The summed E-state index contributed by atoms with van der Waals surface area (Å²) in [6.45, 7) is 4.25. The van der Waals surface area contributed by atoms with Crippen LogP contribution in [0.5, 0.6) is 0 Å². The predicted molar refractivity (Wildman–Crippen MR) is 79.1 cm³/mol. The van der Waals surface area contributed by atoms with Gasteiger partial charge in [0.15, 0.2) is 0 Å². The maximum Gasteiger partial charge on any atom is 0.251 e. The topological polar surface area (TPSA) is 59.1 Å². The fourth-order valence-corrected chi connectivity index (χ4v) is 2.07. The highest BCUT2D eigenvalue weighted by Gasteiger charge is 2.12. The number of aryl methyl sites for hydroxylation is 1. The van der Waals surface area contributed by atoms with Crippen molar-refractivity contribution in [2.45, 2.75) is 31.9 Å². The minimum Gasteiger partial charge on any atom is -0.351 e. The van der Waals surface area contributed by atoms with E-state index in [2.05, 4.69) is 10.3 Å². The van der Waals surface area contributed by atoms with Gasteiger partial charge in [0.2, 0.25) is 0 Å². The van der Waals surface area contributed by atoms with Gasteiger partial charge in [0.25, 0.3) is 5.91 Å². The molecule has 0 aliphatic heterocycles. The highest BCUT2D eigenvalue weighted by atomic mass is 35.5. The van der Waals surface area contributed by atoms with E-state index >= 15 is 0 Å². The summed E-state index contributed by atoms with van der Waals surface area (Å²) in [5.41, 5.74) is 1.31. The second-order valence-electron chi connectivity index (χ2n) is 4.44. The van der Waals surface area contributed by atoms with E-state index < -0.39 is 10.8 Å². The first kappa shape index (κ1) is 16.1. The first-order valence-electron chi connectivity index (χ1n) is 6.21. The standard InChI is InChI=1S/C13H19ClN2O2S/c1-4-5-11-6-10(7-12(14)16-11)13(17)15-8-9(2)19(3)18/h6-7,9H,4-5,8H2,1-3H3,(H,15,17). The third kappa shape index (κ3) is 5.28. The molecule has 4 nitrogen and oxygen atoms in total. The number of halogens is 1. The van der Waals surface area contributed by atoms with Gasteiger partial charge in [-0.1, -0.05) is 24.9 Å². The van der Waals surface area contributed by atoms with Gasteiger partial charge in [-0.15, -0.1) is 0 Å². The van der Waals surface area contributed by atoms with Crippen LogP contribution in [-0.4, -0.2) is 33.2 Å². The monoisotopic (exact) mass is 302 g/mol. The molecule has 0 saturated carbocycles. The molecule has 2 atom stereocenters. The summed E-state index contributed by atoms with van der Waals surface area (Å²) in [5.74, 6) is -0.209. The van der Waals surface area contributed by atoms with Gasteiger partial charge in [-0.05, 0) is 25.5 Å². The lowest BCUT2D eigenvalue weighted by Gasteiger charge is -2.10. The molecule has 1 heterocycles. The van der Waals surface area contributed by atoms with Gasteiger partial charge in [-0.2, -0.15) is 0 Å². The number of nitrogens with one attached hydrogen (secondary N) is 1. The fraction of sp³-hybridized carbons (Fsp3) is 0.538. The van der Waals surface area contributed by atoms with Crippen molar-refractivity contribution in [3.8, 4) is 0 Å². The average molecular weight is 303 g/mol. The van der Waals surface area contributed by atoms with E-state index in [0.717, 1.165) is 18.5 Å². The highest BCUT2D eigenvalue weighted by Crippen LogP contribution is 2.12. The Balaban J connectivity index is 2.73. The quantitative estimate of drug-likeness (QED) is 0.820. The lowest BCUT2D eigenvalue weighted by molar-refractivity contribution is 0.0954. The van der Waals surface area contributed by atoms with Crippen LogP contribution in [0, 0.1) is 0 Å². The summed E-state index contributed by atoms with van der Waals surface area (Å²) >= 11 is 5.90. The van der Waals surface area contributed by atoms with Gasteiger partial charge in [-0.3, -0.25) is 9.00 Å². The maximum atomic E-state index is 12.0. The Kier molecular flexibility index (Phi) is 6.45. The number of nitrogens with zero attached hydrogens (tertiary/aromatic N) is 1. The largest absolute Gasteiger partial charge is 0.351 e. The van der Waals surface area contributed by atoms with Crippen LogP contribution in [0.3, 0.4) is 0 Å². The number of hydrogen-bond acceptors (Lipinski definition) is 3. The van der Waals surface area contributed by atoms with E-state index in [4.69, 9.17) is 11.6 Å². The predicted octanol–water partition coefficient (Wildman–Crippen LogP) is 2.18. The van der Waals surface area contributed by atoms with E-state index in [0.29, 0.717) is 17.3 Å². The van der Waals surface area contributed by atoms with E-state index in [9.17, 15) is 9.00 Å². The van der Waals surface area contributed by atoms with Crippen LogP contribution < -0.4 is 5.32 Å². The summed E-state index contributed by atoms with van der Waals surface area (Å²) in [6.07, 6.45) is 3.36. The summed E-state index contributed by atoms with van der Waals surface area (Å²) in [7, 11) is -0.948. The van der Waals surface area contributed by atoms with E-state index in [1.807, 2.05) is 13.8 Å². The van der Waals surface area contributed by atoms with E-state index in [1.54, 1.807) is 18.4 Å². The van der Waals surface area contributed by atoms with Crippen molar-refractivity contribution in [1.82, 2.24) is 10.3 Å². The molecule has 0 saturated heterocycles. The third-order valence-electron chi connectivity index (χ3n) is 2.73. The number of aromatic nitrogens is 1. The SMILES string of the molecule is CCCc1cc(C(=O)NCC(C)S(C)=O)cc(Cl)n1. The van der Waals surface area contributed by atoms with Crippen LogP contribution in [0.2, 0.25) is 5.15 Å². The van der Waals surface area contributed by atoms with Crippen molar-refractivity contribution in [2.75, 3.05) is 12.8 Å². The number of carbonyl (C=O) groups is 1. The number of carbonyl (C=O) groups excluding carboxylic acids is 1. The average Bonchev–Trinajstić information content (AvgIpc) is 2.35. The first-order chi connectivity index (χ1) is 8.93. The number of amides is 1. The Morgan fingerprint density at radius 1 is 1.53 bits per heavy atom. The summed E-state index contributed by atoms with van der Waals surface area (Å²) in [4.78, 5) is 16.2. The minimum absolute atomic E-state index is 0.0728. The Hall–Kier alpha value is -0.940. The molecule has 1 aromatic rings.